The molecule has 0 amide bonds. The van der Waals surface area contributed by atoms with E-state index < -0.39 is 0 Å². The van der Waals surface area contributed by atoms with E-state index in [9.17, 15) is 10.1 Å². The molecule has 0 spiro atoms. The fourth-order valence-corrected chi connectivity index (χ4v) is 3.62. The molecular weight excluding hydrogens is 327 g/mol. The SMILES string of the molecule is Cc1ccc(C2C(C#N)=C([Se])NC3=C2C(=O)CCC3)cc1. The van der Waals surface area contributed by atoms with Crippen LogP contribution in [0.5, 0.6) is 0 Å². The number of hydrogen-bond donors (Lipinski definition) is 1. The van der Waals surface area contributed by atoms with Crippen LogP contribution in [0.3, 0.4) is 0 Å². The molecule has 0 aromatic heterocycles. The third kappa shape index (κ3) is 2.44. The Balaban J connectivity index is 2.17. The van der Waals surface area contributed by atoms with E-state index in [2.05, 4.69) is 27.4 Å². The number of nitriles is 1. The van der Waals surface area contributed by atoms with Crippen molar-refractivity contribution in [2.75, 3.05) is 0 Å². The number of dihydropyridines is 1. The second-order valence-corrected chi connectivity index (χ2v) is 6.35. The van der Waals surface area contributed by atoms with Crippen LogP contribution in [0.15, 0.2) is 45.7 Å². The number of nitrogens with zero attached hydrogens (tertiary/aromatic N) is 1. The molecule has 0 bridgehead atoms. The Hall–Kier alpha value is -1.82. The molecule has 1 heterocycles. The third-order valence-electron chi connectivity index (χ3n) is 4.07. The molecule has 1 atom stereocenters. The van der Waals surface area contributed by atoms with Crippen molar-refractivity contribution >= 4 is 21.8 Å². The molecule has 4 heteroatoms. The van der Waals surface area contributed by atoms with Crippen LogP contribution >= 0.6 is 0 Å². The number of carbonyl (C=O) groups excluding carboxylic acids is 1. The van der Waals surface area contributed by atoms with E-state index in [-0.39, 0.29) is 11.7 Å². The molecule has 0 fully saturated rings. The van der Waals surface area contributed by atoms with Crippen LogP contribution in [0, 0.1) is 18.3 Å². The molecule has 1 aromatic rings. The molecule has 2 aliphatic rings. The van der Waals surface area contributed by atoms with Gasteiger partial charge in [0.15, 0.2) is 0 Å². The molecule has 1 aromatic carbocycles. The molecular formula is C17H15N2OSe. The quantitative estimate of drug-likeness (QED) is 0.798. The first-order valence-electron chi connectivity index (χ1n) is 7.03. The van der Waals surface area contributed by atoms with Crippen molar-refractivity contribution in [3.05, 3.63) is 56.8 Å². The zero-order valence-electron chi connectivity index (χ0n) is 11.8. The summed E-state index contributed by atoms with van der Waals surface area (Å²) in [5.41, 5.74) is 4.54. The van der Waals surface area contributed by atoms with Crippen LogP contribution < -0.4 is 5.32 Å². The number of rotatable bonds is 1. The normalized spacial score (nSPS) is 21.7. The first-order chi connectivity index (χ1) is 10.1. The molecule has 1 unspecified atom stereocenters. The van der Waals surface area contributed by atoms with Crippen molar-refractivity contribution in [3.63, 3.8) is 0 Å². The third-order valence-corrected chi connectivity index (χ3v) is 4.75. The first kappa shape index (κ1) is 14.1. The van der Waals surface area contributed by atoms with Crippen LogP contribution in [-0.4, -0.2) is 21.8 Å². The fraction of sp³-hybridized carbons (Fsp3) is 0.294. The standard InChI is InChI=1S/C17H15N2OSe/c1-10-5-7-11(8-6-10)15-12(9-18)17(21)19-13-3-2-4-14(20)16(13)15/h5-8,15,19H,2-4H2,1H3. The van der Waals surface area contributed by atoms with Gasteiger partial charge in [-0.3, -0.25) is 0 Å². The summed E-state index contributed by atoms with van der Waals surface area (Å²) in [6.45, 7) is 2.03. The molecule has 1 aliphatic carbocycles. The summed E-state index contributed by atoms with van der Waals surface area (Å²) >= 11 is 2.94. The van der Waals surface area contributed by atoms with E-state index in [1.807, 2.05) is 31.2 Å². The number of benzene rings is 1. The van der Waals surface area contributed by atoms with Crippen molar-refractivity contribution in [1.82, 2.24) is 5.32 Å². The molecule has 1 aliphatic heterocycles. The van der Waals surface area contributed by atoms with E-state index in [0.29, 0.717) is 12.0 Å². The van der Waals surface area contributed by atoms with Gasteiger partial charge in [-0.2, -0.15) is 0 Å². The van der Waals surface area contributed by atoms with E-state index >= 15 is 0 Å². The molecule has 1 radical (unpaired) electrons. The van der Waals surface area contributed by atoms with Crippen LogP contribution in [0.1, 0.15) is 36.3 Å². The van der Waals surface area contributed by atoms with E-state index in [1.165, 1.54) is 5.56 Å². The average Bonchev–Trinajstić information content (AvgIpc) is 2.47. The van der Waals surface area contributed by atoms with Gasteiger partial charge in [-0.25, -0.2) is 0 Å². The van der Waals surface area contributed by atoms with Crippen molar-refractivity contribution < 1.29 is 4.79 Å². The van der Waals surface area contributed by atoms with Gasteiger partial charge < -0.3 is 0 Å². The van der Waals surface area contributed by atoms with E-state index in [1.54, 1.807) is 0 Å². The predicted octanol–water partition coefficient (Wildman–Crippen LogP) is 2.59. The van der Waals surface area contributed by atoms with Gasteiger partial charge in [0.25, 0.3) is 0 Å². The summed E-state index contributed by atoms with van der Waals surface area (Å²) in [5.74, 6) is -0.0783. The number of ketones is 1. The number of carbonyl (C=O) groups is 1. The zero-order chi connectivity index (χ0) is 15.0. The van der Waals surface area contributed by atoms with Crippen LogP contribution in [-0.2, 0) is 4.79 Å². The summed E-state index contributed by atoms with van der Waals surface area (Å²) in [7, 11) is 0. The predicted molar refractivity (Wildman–Crippen MR) is 81.3 cm³/mol. The van der Waals surface area contributed by atoms with E-state index in [0.717, 1.165) is 34.3 Å². The number of allylic oxidation sites excluding steroid dienone is 3. The topological polar surface area (TPSA) is 52.9 Å². The van der Waals surface area contributed by atoms with Gasteiger partial charge in [0.1, 0.15) is 0 Å². The summed E-state index contributed by atoms with van der Waals surface area (Å²) < 4.78 is 0.747. The summed E-state index contributed by atoms with van der Waals surface area (Å²) in [6.07, 6.45) is 2.32. The second-order valence-electron chi connectivity index (χ2n) is 5.49. The van der Waals surface area contributed by atoms with Crippen molar-refractivity contribution in [3.8, 4) is 6.07 Å². The van der Waals surface area contributed by atoms with Crippen LogP contribution in [0.4, 0.5) is 0 Å². The van der Waals surface area contributed by atoms with Gasteiger partial charge in [0.05, 0.1) is 0 Å². The zero-order valence-corrected chi connectivity index (χ0v) is 13.5. The Morgan fingerprint density at radius 1 is 1.29 bits per heavy atom. The molecule has 0 saturated carbocycles. The van der Waals surface area contributed by atoms with Crippen molar-refractivity contribution in [1.29, 1.82) is 5.26 Å². The molecule has 0 saturated heterocycles. The number of Topliss-reactive ketones (excluding diaryl/α,β-unsaturated/α-hetero) is 1. The van der Waals surface area contributed by atoms with Gasteiger partial charge in [-0.1, -0.05) is 0 Å². The molecule has 3 nitrogen and oxygen atoms in total. The summed E-state index contributed by atoms with van der Waals surface area (Å²) in [6, 6.07) is 10.4. The molecule has 3 rings (SSSR count). The number of hydrogen-bond acceptors (Lipinski definition) is 3. The monoisotopic (exact) mass is 343 g/mol. The van der Waals surface area contributed by atoms with Gasteiger partial charge in [0.2, 0.25) is 0 Å². The van der Waals surface area contributed by atoms with Crippen molar-refractivity contribution in [2.45, 2.75) is 32.1 Å². The number of aryl methyl sites for hydroxylation is 1. The van der Waals surface area contributed by atoms with E-state index in [4.69, 9.17) is 0 Å². The Morgan fingerprint density at radius 2 is 2.00 bits per heavy atom. The Kier molecular flexibility index (Phi) is 3.71. The maximum atomic E-state index is 12.4. The maximum absolute atomic E-state index is 12.4. The molecule has 105 valence electrons. The van der Waals surface area contributed by atoms with Crippen LogP contribution in [0.2, 0.25) is 0 Å². The molecule has 1 N–H and O–H groups in total. The Labute approximate surface area is 132 Å². The minimum atomic E-state index is -0.240. The second kappa shape index (κ2) is 5.52. The van der Waals surface area contributed by atoms with Gasteiger partial charge >= 0.3 is 132 Å². The Morgan fingerprint density at radius 3 is 2.67 bits per heavy atom. The Bertz CT molecular complexity index is 707. The average molecular weight is 342 g/mol. The molecule has 21 heavy (non-hydrogen) atoms. The summed E-state index contributed by atoms with van der Waals surface area (Å²) in [5, 5.41) is 12.7. The fourth-order valence-electron chi connectivity index (χ4n) is 3.02. The number of nitrogens with one attached hydrogen (secondary N) is 1. The van der Waals surface area contributed by atoms with Crippen molar-refractivity contribution in [2.24, 2.45) is 0 Å². The van der Waals surface area contributed by atoms with Gasteiger partial charge in [-0.05, 0) is 0 Å². The van der Waals surface area contributed by atoms with Gasteiger partial charge in [-0.15, -0.1) is 0 Å². The minimum absolute atomic E-state index is 0.162. The summed E-state index contributed by atoms with van der Waals surface area (Å²) in [4.78, 5) is 12.4. The van der Waals surface area contributed by atoms with Crippen LogP contribution in [0.25, 0.3) is 0 Å². The first-order valence-corrected chi connectivity index (χ1v) is 7.88. The van der Waals surface area contributed by atoms with Gasteiger partial charge in [0, 0.05) is 0 Å².